The van der Waals surface area contributed by atoms with Crippen LogP contribution in [0.2, 0.25) is 0 Å². The number of carboxylic acid groups (broad SMARTS) is 2. The second-order valence-corrected chi connectivity index (χ2v) is 3.10. The fraction of sp³-hybridized carbons (Fsp3) is 0.200. The van der Waals surface area contributed by atoms with Crippen LogP contribution in [0.5, 0.6) is 0 Å². The predicted molar refractivity (Wildman–Crippen MR) is 63.4 cm³/mol. The molecule has 0 atom stereocenters. The van der Waals surface area contributed by atoms with Gasteiger partial charge in [0.05, 0.1) is 0 Å². The van der Waals surface area contributed by atoms with Crippen molar-refractivity contribution in [2.24, 2.45) is 0 Å². The summed E-state index contributed by atoms with van der Waals surface area (Å²) in [6.07, 6.45) is 0. The molecule has 0 fully saturated rings. The third-order valence-corrected chi connectivity index (χ3v) is 2.21. The van der Waals surface area contributed by atoms with Gasteiger partial charge in [-0.2, -0.15) is 0 Å². The Hall–Kier alpha value is 0.394. The van der Waals surface area contributed by atoms with Gasteiger partial charge < -0.3 is 10.2 Å². The van der Waals surface area contributed by atoms with Crippen molar-refractivity contribution in [2.75, 3.05) is 0 Å². The second-order valence-electron chi connectivity index (χ2n) is 3.10. The summed E-state index contributed by atoms with van der Waals surface area (Å²) in [5.41, 5.74) is -1.61. The van der Waals surface area contributed by atoms with Crippen LogP contribution in [0.15, 0.2) is 30.3 Å². The molecular weight excluding hydrogens is 230 g/mol. The van der Waals surface area contributed by atoms with Crippen molar-refractivity contribution in [3.8, 4) is 0 Å². The molecule has 16 heavy (non-hydrogen) atoms. The number of rotatable bonds is 3. The van der Waals surface area contributed by atoms with Crippen LogP contribution in [-0.2, 0) is 15.0 Å². The van der Waals surface area contributed by atoms with Crippen molar-refractivity contribution in [2.45, 2.75) is 12.3 Å². The van der Waals surface area contributed by atoms with Gasteiger partial charge in [0.2, 0.25) is 0 Å². The Kier molecular flexibility index (Phi) is 8.99. The average Bonchev–Trinajstić information content (AvgIpc) is 2.17. The molecule has 1 rings (SSSR count). The molecule has 1 aromatic rings. The molecule has 0 amide bonds. The summed E-state index contributed by atoms with van der Waals surface area (Å²) in [4.78, 5) is 21.8. The number of hydrogen-bond acceptors (Lipinski definition) is 2. The predicted octanol–water partition coefficient (Wildman–Crippen LogP) is -0.184. The van der Waals surface area contributed by atoms with E-state index in [0.717, 1.165) is 0 Å². The number of benzene rings is 1. The van der Waals surface area contributed by atoms with E-state index < -0.39 is 17.4 Å². The number of carbonyl (C=O) groups is 2. The first-order valence-corrected chi connectivity index (χ1v) is 4.02. The molecule has 0 bridgehead atoms. The first-order valence-electron chi connectivity index (χ1n) is 4.02. The van der Waals surface area contributed by atoms with E-state index in [9.17, 15) is 9.59 Å². The normalized spacial score (nSPS) is 9.56. The van der Waals surface area contributed by atoms with Gasteiger partial charge in [0, 0.05) is 0 Å². The van der Waals surface area contributed by atoms with Gasteiger partial charge in [-0.25, -0.2) is 0 Å². The molecule has 0 unspecified atom stereocenters. The molecule has 4 nitrogen and oxygen atoms in total. The molecule has 0 radical (unpaired) electrons. The van der Waals surface area contributed by atoms with Crippen LogP contribution < -0.4 is 0 Å². The third kappa shape index (κ3) is 3.71. The number of carboxylic acids is 2. The fourth-order valence-corrected chi connectivity index (χ4v) is 1.11. The molecule has 1 aromatic carbocycles. The Labute approximate surface area is 148 Å². The molecule has 78 valence electrons. The average molecular weight is 242 g/mol. The molecule has 0 saturated carbocycles. The van der Waals surface area contributed by atoms with Crippen LogP contribution in [0.4, 0.5) is 0 Å². The standard InChI is InChI=1S/C10H10O4.K.Li.2H/c1-10(8(11)12,9(13)14)7-5-3-2-4-6-7;;;;/h2-6H,1H3,(H,11,12)(H,13,14);;;;. The SMILES string of the molecule is CC(C(=O)O)(C(=O)O)c1ccccc1.[KH].[LiH]. The zero-order chi connectivity index (χ0) is 10.8. The molecule has 0 spiro atoms. The van der Waals surface area contributed by atoms with Gasteiger partial charge in [-0.05, 0) is 12.5 Å². The molecule has 0 aliphatic heterocycles. The van der Waals surface area contributed by atoms with Crippen LogP contribution >= 0.6 is 0 Å². The molecular formula is C10H12KLiO4. The van der Waals surface area contributed by atoms with Crippen molar-refractivity contribution >= 4 is 82.2 Å². The van der Waals surface area contributed by atoms with E-state index in [0.29, 0.717) is 0 Å². The van der Waals surface area contributed by atoms with E-state index in [-0.39, 0.29) is 75.8 Å². The summed E-state index contributed by atoms with van der Waals surface area (Å²) in [7, 11) is 0. The zero-order valence-corrected chi connectivity index (χ0v) is 7.60. The molecule has 0 aliphatic carbocycles. The van der Waals surface area contributed by atoms with E-state index in [2.05, 4.69) is 0 Å². The maximum absolute atomic E-state index is 10.9. The summed E-state index contributed by atoms with van der Waals surface area (Å²) < 4.78 is 0. The summed E-state index contributed by atoms with van der Waals surface area (Å²) in [6, 6.07) is 7.90. The summed E-state index contributed by atoms with van der Waals surface area (Å²) >= 11 is 0. The van der Waals surface area contributed by atoms with Crippen molar-refractivity contribution in [3.63, 3.8) is 0 Å². The van der Waals surface area contributed by atoms with Gasteiger partial charge in [0.25, 0.3) is 0 Å². The first kappa shape index (κ1) is 18.8. The van der Waals surface area contributed by atoms with E-state index in [1.807, 2.05) is 0 Å². The van der Waals surface area contributed by atoms with Gasteiger partial charge in [0.1, 0.15) is 0 Å². The van der Waals surface area contributed by atoms with Gasteiger partial charge in [-0.1, -0.05) is 30.3 Å². The topological polar surface area (TPSA) is 74.6 Å². The van der Waals surface area contributed by atoms with Crippen LogP contribution in [0.25, 0.3) is 0 Å². The molecule has 6 heteroatoms. The quantitative estimate of drug-likeness (QED) is 0.569. The fourth-order valence-electron chi connectivity index (χ4n) is 1.11. The van der Waals surface area contributed by atoms with Crippen LogP contribution in [0.1, 0.15) is 12.5 Å². The number of aliphatic carboxylic acids is 2. The zero-order valence-electron chi connectivity index (χ0n) is 7.60. The Morgan fingerprint density at radius 1 is 1.06 bits per heavy atom. The van der Waals surface area contributed by atoms with Crippen molar-refractivity contribution in [1.82, 2.24) is 0 Å². The maximum atomic E-state index is 10.9. The molecule has 2 N–H and O–H groups in total. The van der Waals surface area contributed by atoms with Crippen LogP contribution in [0.3, 0.4) is 0 Å². The Balaban J connectivity index is 0. The first-order chi connectivity index (χ1) is 6.49. The third-order valence-electron chi connectivity index (χ3n) is 2.21. The monoisotopic (exact) mass is 242 g/mol. The Morgan fingerprint density at radius 2 is 1.44 bits per heavy atom. The van der Waals surface area contributed by atoms with Crippen molar-refractivity contribution in [3.05, 3.63) is 35.9 Å². The van der Waals surface area contributed by atoms with Gasteiger partial charge in [-0.15, -0.1) is 0 Å². The molecule has 0 heterocycles. The summed E-state index contributed by atoms with van der Waals surface area (Å²) in [5.74, 6) is -2.73. The van der Waals surface area contributed by atoms with E-state index in [4.69, 9.17) is 10.2 Å². The van der Waals surface area contributed by atoms with Crippen molar-refractivity contribution < 1.29 is 19.8 Å². The summed E-state index contributed by atoms with van der Waals surface area (Å²) in [6.45, 7) is 1.17. The Bertz CT molecular complexity index is 352. The van der Waals surface area contributed by atoms with Gasteiger partial charge in [-0.3, -0.25) is 9.59 Å². The van der Waals surface area contributed by atoms with Crippen LogP contribution in [-0.4, -0.2) is 92.4 Å². The minimum absolute atomic E-state index is 0. The molecule has 0 aromatic heterocycles. The Morgan fingerprint density at radius 3 is 1.75 bits per heavy atom. The van der Waals surface area contributed by atoms with E-state index in [1.165, 1.54) is 19.1 Å². The van der Waals surface area contributed by atoms with Crippen molar-refractivity contribution in [1.29, 1.82) is 0 Å². The van der Waals surface area contributed by atoms with E-state index in [1.54, 1.807) is 18.2 Å². The van der Waals surface area contributed by atoms with Gasteiger partial charge in [0.15, 0.2) is 5.41 Å². The number of hydrogen-bond donors (Lipinski definition) is 2. The second kappa shape index (κ2) is 7.67. The molecule has 0 aliphatic rings. The minimum atomic E-state index is -1.87. The van der Waals surface area contributed by atoms with E-state index >= 15 is 0 Å². The van der Waals surface area contributed by atoms with Crippen LogP contribution in [0, 0.1) is 0 Å². The molecule has 0 saturated heterocycles. The summed E-state index contributed by atoms with van der Waals surface area (Å²) in [5, 5.41) is 17.8. The van der Waals surface area contributed by atoms with Gasteiger partial charge >= 0.3 is 82.2 Å².